The van der Waals surface area contributed by atoms with Gasteiger partial charge in [-0.2, -0.15) is 0 Å². The Hall–Kier alpha value is -2.73. The molecule has 2 aromatic rings. The molecule has 0 radical (unpaired) electrons. The fraction of sp³-hybridized carbons (Fsp3) is 0.381. The maximum atomic E-state index is 13.0. The molecule has 0 aromatic heterocycles. The third kappa shape index (κ3) is 5.37. The SMILES string of the molecule is COc1ccc(CCN(Cc2ccc(O)cc2)C(=O)N2CCOCC2)cc1. The average Bonchev–Trinajstić information content (AvgIpc) is 2.73. The van der Waals surface area contributed by atoms with Crippen molar-refractivity contribution in [3.05, 3.63) is 59.7 Å². The van der Waals surface area contributed by atoms with E-state index in [2.05, 4.69) is 0 Å². The van der Waals surface area contributed by atoms with Crippen LogP contribution < -0.4 is 4.74 Å². The number of nitrogens with zero attached hydrogens (tertiary/aromatic N) is 2. The van der Waals surface area contributed by atoms with Crippen molar-refractivity contribution in [2.75, 3.05) is 40.0 Å². The maximum absolute atomic E-state index is 13.0. The number of hydrogen-bond acceptors (Lipinski definition) is 4. The van der Waals surface area contributed by atoms with Gasteiger partial charge in [0.1, 0.15) is 11.5 Å². The maximum Gasteiger partial charge on any atom is 0.320 e. The van der Waals surface area contributed by atoms with Crippen LogP contribution in [0.3, 0.4) is 0 Å². The van der Waals surface area contributed by atoms with E-state index >= 15 is 0 Å². The Morgan fingerprint density at radius 1 is 1.07 bits per heavy atom. The smallest absolute Gasteiger partial charge is 0.320 e. The molecule has 3 rings (SSSR count). The van der Waals surface area contributed by atoms with Crippen LogP contribution in [0.1, 0.15) is 11.1 Å². The lowest BCUT2D eigenvalue weighted by molar-refractivity contribution is 0.0427. The number of phenols is 1. The number of urea groups is 1. The zero-order valence-electron chi connectivity index (χ0n) is 15.6. The monoisotopic (exact) mass is 370 g/mol. The number of benzene rings is 2. The van der Waals surface area contributed by atoms with Gasteiger partial charge in [-0.05, 0) is 41.8 Å². The molecule has 0 bridgehead atoms. The average molecular weight is 370 g/mol. The summed E-state index contributed by atoms with van der Waals surface area (Å²) in [5.41, 5.74) is 2.14. The highest BCUT2D eigenvalue weighted by atomic mass is 16.5. The summed E-state index contributed by atoms with van der Waals surface area (Å²) < 4.78 is 10.6. The molecule has 2 amide bonds. The van der Waals surface area contributed by atoms with E-state index in [1.165, 1.54) is 0 Å². The third-order valence-corrected chi connectivity index (χ3v) is 4.69. The zero-order valence-corrected chi connectivity index (χ0v) is 15.6. The van der Waals surface area contributed by atoms with Crippen molar-refractivity contribution in [1.29, 1.82) is 0 Å². The molecule has 0 spiro atoms. The van der Waals surface area contributed by atoms with Crippen molar-refractivity contribution in [2.24, 2.45) is 0 Å². The number of aromatic hydroxyl groups is 1. The molecule has 0 aliphatic carbocycles. The first kappa shape index (κ1) is 19.0. The molecule has 0 atom stereocenters. The van der Waals surface area contributed by atoms with E-state index in [4.69, 9.17) is 9.47 Å². The number of carbonyl (C=O) groups is 1. The van der Waals surface area contributed by atoms with Crippen LogP contribution in [-0.4, -0.2) is 60.9 Å². The molecule has 2 aromatic carbocycles. The lowest BCUT2D eigenvalue weighted by atomic mass is 10.1. The Kier molecular flexibility index (Phi) is 6.54. The van der Waals surface area contributed by atoms with Crippen LogP contribution in [0.25, 0.3) is 0 Å². The van der Waals surface area contributed by atoms with Gasteiger partial charge in [-0.15, -0.1) is 0 Å². The molecule has 1 heterocycles. The van der Waals surface area contributed by atoms with Gasteiger partial charge < -0.3 is 24.4 Å². The van der Waals surface area contributed by atoms with Crippen molar-refractivity contribution in [1.82, 2.24) is 9.80 Å². The topological polar surface area (TPSA) is 62.2 Å². The van der Waals surface area contributed by atoms with E-state index in [1.54, 1.807) is 19.2 Å². The van der Waals surface area contributed by atoms with Crippen molar-refractivity contribution in [2.45, 2.75) is 13.0 Å². The summed E-state index contributed by atoms with van der Waals surface area (Å²) in [5, 5.41) is 9.49. The minimum absolute atomic E-state index is 0.0277. The van der Waals surface area contributed by atoms with Gasteiger partial charge in [-0.1, -0.05) is 24.3 Å². The van der Waals surface area contributed by atoms with Crippen LogP contribution in [-0.2, 0) is 17.7 Å². The van der Waals surface area contributed by atoms with E-state index in [9.17, 15) is 9.90 Å². The van der Waals surface area contributed by atoms with E-state index in [0.29, 0.717) is 39.4 Å². The molecule has 1 aliphatic heterocycles. The number of methoxy groups -OCH3 is 1. The molecule has 6 heteroatoms. The second kappa shape index (κ2) is 9.28. The van der Waals surface area contributed by atoms with Crippen molar-refractivity contribution >= 4 is 6.03 Å². The standard InChI is InChI=1S/C21H26N2O4/c1-26-20-8-4-17(5-9-20)10-11-23(16-18-2-6-19(24)7-3-18)21(25)22-12-14-27-15-13-22/h2-9,24H,10-16H2,1H3. The predicted octanol–water partition coefficient (Wildman–Crippen LogP) is 2.90. The molecule has 0 unspecified atom stereocenters. The van der Waals surface area contributed by atoms with Gasteiger partial charge >= 0.3 is 6.03 Å². The number of carbonyl (C=O) groups excluding carboxylic acids is 1. The van der Waals surface area contributed by atoms with Crippen molar-refractivity contribution in [3.63, 3.8) is 0 Å². The Morgan fingerprint density at radius 3 is 2.33 bits per heavy atom. The first-order valence-electron chi connectivity index (χ1n) is 9.18. The molecule has 1 N–H and O–H groups in total. The van der Waals surface area contributed by atoms with Gasteiger partial charge in [-0.25, -0.2) is 4.79 Å². The zero-order chi connectivity index (χ0) is 19.1. The highest BCUT2D eigenvalue weighted by Crippen LogP contribution is 2.16. The van der Waals surface area contributed by atoms with Crippen LogP contribution >= 0.6 is 0 Å². The quantitative estimate of drug-likeness (QED) is 0.849. The van der Waals surface area contributed by atoms with E-state index < -0.39 is 0 Å². The summed E-state index contributed by atoms with van der Waals surface area (Å²) in [6, 6.07) is 14.9. The van der Waals surface area contributed by atoms with Crippen LogP contribution in [0.4, 0.5) is 4.79 Å². The Bertz CT molecular complexity index is 725. The Balaban J connectivity index is 1.69. The number of hydrogen-bond donors (Lipinski definition) is 1. The van der Waals surface area contributed by atoms with Crippen LogP contribution in [0, 0.1) is 0 Å². The van der Waals surface area contributed by atoms with Crippen LogP contribution in [0.15, 0.2) is 48.5 Å². The fourth-order valence-electron chi connectivity index (χ4n) is 3.07. The molecule has 1 fully saturated rings. The third-order valence-electron chi connectivity index (χ3n) is 4.69. The Labute approximate surface area is 159 Å². The van der Waals surface area contributed by atoms with Gasteiger partial charge in [0.2, 0.25) is 0 Å². The van der Waals surface area contributed by atoms with Gasteiger partial charge in [0, 0.05) is 26.2 Å². The van der Waals surface area contributed by atoms with E-state index in [-0.39, 0.29) is 11.8 Å². The van der Waals surface area contributed by atoms with E-state index in [1.807, 2.05) is 46.2 Å². The molecular formula is C21H26N2O4. The predicted molar refractivity (Wildman–Crippen MR) is 103 cm³/mol. The molecule has 0 saturated carbocycles. The molecule has 1 saturated heterocycles. The van der Waals surface area contributed by atoms with Crippen LogP contribution in [0.5, 0.6) is 11.5 Å². The van der Waals surface area contributed by atoms with Crippen LogP contribution in [0.2, 0.25) is 0 Å². The largest absolute Gasteiger partial charge is 0.508 e. The second-order valence-corrected chi connectivity index (χ2v) is 6.57. The number of morpholine rings is 1. The number of rotatable bonds is 6. The minimum atomic E-state index is 0.0277. The van der Waals surface area contributed by atoms with Gasteiger partial charge in [0.25, 0.3) is 0 Å². The summed E-state index contributed by atoms with van der Waals surface area (Å²) >= 11 is 0. The van der Waals surface area contributed by atoms with Crippen molar-refractivity contribution < 1.29 is 19.4 Å². The molecule has 27 heavy (non-hydrogen) atoms. The normalized spacial score (nSPS) is 14.0. The van der Waals surface area contributed by atoms with Gasteiger partial charge in [-0.3, -0.25) is 0 Å². The number of phenolic OH excluding ortho intramolecular Hbond substituents is 1. The van der Waals surface area contributed by atoms with E-state index in [0.717, 1.165) is 23.3 Å². The Morgan fingerprint density at radius 2 is 1.70 bits per heavy atom. The summed E-state index contributed by atoms with van der Waals surface area (Å²) in [7, 11) is 1.65. The highest BCUT2D eigenvalue weighted by Gasteiger charge is 2.23. The number of ether oxygens (including phenoxy) is 2. The lowest BCUT2D eigenvalue weighted by Crippen LogP contribution is -2.48. The summed E-state index contributed by atoms with van der Waals surface area (Å²) in [5.74, 6) is 1.05. The second-order valence-electron chi connectivity index (χ2n) is 6.57. The summed E-state index contributed by atoms with van der Waals surface area (Å²) in [4.78, 5) is 16.7. The van der Waals surface area contributed by atoms with Gasteiger partial charge in [0.05, 0.1) is 20.3 Å². The molecular weight excluding hydrogens is 344 g/mol. The molecule has 6 nitrogen and oxygen atoms in total. The fourth-order valence-corrected chi connectivity index (χ4v) is 3.07. The number of amides is 2. The van der Waals surface area contributed by atoms with Crippen molar-refractivity contribution in [3.8, 4) is 11.5 Å². The summed E-state index contributed by atoms with van der Waals surface area (Å²) in [6.07, 6.45) is 0.762. The lowest BCUT2D eigenvalue weighted by Gasteiger charge is -2.33. The highest BCUT2D eigenvalue weighted by molar-refractivity contribution is 5.74. The first-order valence-corrected chi connectivity index (χ1v) is 9.18. The molecule has 144 valence electrons. The summed E-state index contributed by atoms with van der Waals surface area (Å²) in [6.45, 7) is 3.52. The minimum Gasteiger partial charge on any atom is -0.508 e. The molecule has 1 aliphatic rings. The first-order chi connectivity index (χ1) is 13.2. The van der Waals surface area contributed by atoms with Gasteiger partial charge in [0.15, 0.2) is 0 Å².